The van der Waals surface area contributed by atoms with Gasteiger partial charge < -0.3 is 15.1 Å². The lowest BCUT2D eigenvalue weighted by Crippen LogP contribution is -2.48. The Morgan fingerprint density at radius 1 is 1.11 bits per heavy atom. The minimum absolute atomic E-state index is 0.250. The van der Waals surface area contributed by atoms with E-state index in [-0.39, 0.29) is 6.10 Å². The summed E-state index contributed by atoms with van der Waals surface area (Å²) in [7, 11) is -1.89. The van der Waals surface area contributed by atoms with Gasteiger partial charge in [-0.05, 0) is 55.9 Å². The van der Waals surface area contributed by atoms with E-state index in [9.17, 15) is 4.39 Å². The summed E-state index contributed by atoms with van der Waals surface area (Å²) in [5, 5.41) is 8.12. The van der Waals surface area contributed by atoms with Crippen molar-refractivity contribution < 1.29 is 8.82 Å². The fraction of sp³-hybridized carbons (Fsp3) is 0.714. The van der Waals surface area contributed by atoms with E-state index >= 15 is 0 Å². The quantitative estimate of drug-likeness (QED) is 0.451. The molecule has 2 fully saturated rings. The zero-order valence-corrected chi connectivity index (χ0v) is 19.7. The van der Waals surface area contributed by atoms with Crippen molar-refractivity contribution in [2.45, 2.75) is 88.8 Å². The molecule has 0 aromatic heterocycles. The Labute approximate surface area is 179 Å². The molecule has 2 aliphatic heterocycles. The van der Waals surface area contributed by atoms with E-state index in [2.05, 4.69) is 31.4 Å². The number of fused-ring (bicyclic) bond motifs is 2. The van der Waals surface area contributed by atoms with Crippen LogP contribution >= 0.6 is 23.2 Å². The molecule has 0 amide bonds. The van der Waals surface area contributed by atoms with E-state index < -0.39 is 14.1 Å². The largest absolute Gasteiger partial charge is 0.409 e. The Hall–Kier alpha value is -0.173. The molecule has 3 nitrogen and oxygen atoms in total. The molecule has 2 aliphatic rings. The number of nitrogens with one attached hydrogen (secondary N) is 2. The molecule has 0 spiro atoms. The number of rotatable bonds is 9. The third-order valence-corrected chi connectivity index (χ3v) is 12.0. The highest BCUT2D eigenvalue weighted by molar-refractivity contribution is 6.73. The van der Waals surface area contributed by atoms with Crippen LogP contribution in [0.15, 0.2) is 12.1 Å². The van der Waals surface area contributed by atoms with Crippen molar-refractivity contribution in [2.24, 2.45) is 0 Å². The van der Waals surface area contributed by atoms with Crippen molar-refractivity contribution in [3.05, 3.63) is 33.6 Å². The van der Waals surface area contributed by atoms with Gasteiger partial charge in [0, 0.05) is 30.2 Å². The van der Waals surface area contributed by atoms with Gasteiger partial charge in [0.05, 0.1) is 16.1 Å². The summed E-state index contributed by atoms with van der Waals surface area (Å²) < 4.78 is 20.6. The molecule has 7 heteroatoms. The fourth-order valence-electron chi connectivity index (χ4n) is 4.86. The summed E-state index contributed by atoms with van der Waals surface area (Å²) in [5.41, 5.74) is 0.723. The van der Waals surface area contributed by atoms with Crippen molar-refractivity contribution >= 4 is 31.5 Å². The zero-order valence-electron chi connectivity index (χ0n) is 17.2. The summed E-state index contributed by atoms with van der Waals surface area (Å²) in [6.45, 7) is 7.29. The SMILES string of the molecule is CC[Si](CC)(CC)OC(CNC1CC2CCC(C1)N2)c1c(Cl)cc(F)cc1Cl. The number of benzene rings is 1. The highest BCUT2D eigenvalue weighted by atomic mass is 35.5. The summed E-state index contributed by atoms with van der Waals surface area (Å²) in [6, 6.07) is 7.56. The van der Waals surface area contributed by atoms with Crippen LogP contribution in [0.2, 0.25) is 28.2 Å². The summed E-state index contributed by atoms with van der Waals surface area (Å²) >= 11 is 12.9. The maximum Gasteiger partial charge on any atom is 0.192 e. The first kappa shape index (κ1) is 22.5. The Bertz CT molecular complexity index is 631. The van der Waals surface area contributed by atoms with E-state index in [1.807, 2.05) is 0 Å². The molecule has 158 valence electrons. The summed E-state index contributed by atoms with van der Waals surface area (Å²) in [5.74, 6) is -0.412. The minimum atomic E-state index is -1.89. The van der Waals surface area contributed by atoms with Crippen LogP contribution in [0.1, 0.15) is 58.1 Å². The van der Waals surface area contributed by atoms with Gasteiger partial charge in [0.1, 0.15) is 5.82 Å². The first-order valence-electron chi connectivity index (χ1n) is 10.7. The van der Waals surface area contributed by atoms with Crippen LogP contribution in [-0.2, 0) is 4.43 Å². The van der Waals surface area contributed by atoms with Gasteiger partial charge in [0.2, 0.25) is 0 Å². The van der Waals surface area contributed by atoms with Gasteiger partial charge in [-0.15, -0.1) is 0 Å². The lowest BCUT2D eigenvalue weighted by Gasteiger charge is -2.36. The highest BCUT2D eigenvalue weighted by Crippen LogP contribution is 2.37. The lowest BCUT2D eigenvalue weighted by molar-refractivity contribution is 0.174. The molecule has 0 aliphatic carbocycles. The molecule has 3 unspecified atom stereocenters. The van der Waals surface area contributed by atoms with Gasteiger partial charge in [0.25, 0.3) is 0 Å². The van der Waals surface area contributed by atoms with E-state index in [0.29, 0.717) is 34.7 Å². The third kappa shape index (κ3) is 5.11. The molecule has 0 saturated carbocycles. The van der Waals surface area contributed by atoms with Crippen LogP contribution in [0.5, 0.6) is 0 Å². The van der Waals surface area contributed by atoms with Crippen molar-refractivity contribution in [1.29, 1.82) is 0 Å². The van der Waals surface area contributed by atoms with Gasteiger partial charge in [-0.25, -0.2) is 4.39 Å². The second kappa shape index (κ2) is 9.76. The van der Waals surface area contributed by atoms with Crippen LogP contribution in [0.4, 0.5) is 4.39 Å². The summed E-state index contributed by atoms with van der Waals surface area (Å²) in [4.78, 5) is 0. The Kier molecular flexibility index (Phi) is 7.84. The second-order valence-corrected chi connectivity index (χ2v) is 13.9. The maximum absolute atomic E-state index is 13.8. The third-order valence-electron chi connectivity index (χ3n) is 6.76. The van der Waals surface area contributed by atoms with Crippen molar-refractivity contribution in [3.8, 4) is 0 Å². The van der Waals surface area contributed by atoms with Crippen LogP contribution in [-0.4, -0.2) is 33.0 Å². The molecule has 2 bridgehead atoms. The lowest BCUT2D eigenvalue weighted by atomic mass is 9.99. The number of piperidine rings is 1. The topological polar surface area (TPSA) is 33.3 Å². The van der Waals surface area contributed by atoms with E-state index in [4.69, 9.17) is 27.6 Å². The van der Waals surface area contributed by atoms with E-state index in [1.54, 1.807) is 0 Å². The van der Waals surface area contributed by atoms with Crippen LogP contribution in [0.3, 0.4) is 0 Å². The Balaban J connectivity index is 1.80. The van der Waals surface area contributed by atoms with Gasteiger partial charge in [-0.2, -0.15) is 0 Å². The monoisotopic (exact) mass is 446 g/mol. The first-order chi connectivity index (χ1) is 13.4. The fourth-order valence-corrected chi connectivity index (χ4v) is 8.37. The summed E-state index contributed by atoms with van der Waals surface area (Å²) in [6.07, 6.45) is 4.59. The number of hydrogen-bond donors (Lipinski definition) is 2. The van der Waals surface area contributed by atoms with Crippen molar-refractivity contribution in [3.63, 3.8) is 0 Å². The van der Waals surface area contributed by atoms with Gasteiger partial charge in [-0.1, -0.05) is 44.0 Å². The molecule has 3 atom stereocenters. The molecular weight excluding hydrogens is 414 g/mol. The maximum atomic E-state index is 13.8. The second-order valence-electron chi connectivity index (χ2n) is 8.35. The van der Waals surface area contributed by atoms with E-state index in [0.717, 1.165) is 36.5 Å². The van der Waals surface area contributed by atoms with Gasteiger partial charge >= 0.3 is 0 Å². The molecule has 0 radical (unpaired) electrons. The Morgan fingerprint density at radius 3 is 2.14 bits per heavy atom. The van der Waals surface area contributed by atoms with Gasteiger partial charge in [-0.3, -0.25) is 0 Å². The minimum Gasteiger partial charge on any atom is -0.409 e. The zero-order chi connectivity index (χ0) is 20.3. The van der Waals surface area contributed by atoms with Crippen LogP contribution < -0.4 is 10.6 Å². The molecule has 1 aromatic carbocycles. The molecule has 3 rings (SSSR count). The predicted octanol–water partition coefficient (Wildman–Crippen LogP) is 6.07. The molecule has 28 heavy (non-hydrogen) atoms. The van der Waals surface area contributed by atoms with Gasteiger partial charge in [0.15, 0.2) is 8.32 Å². The normalized spacial score (nSPS) is 25.9. The first-order valence-corrected chi connectivity index (χ1v) is 14.0. The van der Waals surface area contributed by atoms with E-state index in [1.165, 1.54) is 25.0 Å². The average molecular weight is 447 g/mol. The van der Waals surface area contributed by atoms with Crippen molar-refractivity contribution in [2.75, 3.05) is 6.54 Å². The number of hydrogen-bond acceptors (Lipinski definition) is 3. The van der Waals surface area contributed by atoms with Crippen LogP contribution in [0.25, 0.3) is 0 Å². The van der Waals surface area contributed by atoms with Crippen molar-refractivity contribution in [1.82, 2.24) is 10.6 Å². The molecule has 2 heterocycles. The Morgan fingerprint density at radius 2 is 1.64 bits per heavy atom. The smallest absolute Gasteiger partial charge is 0.192 e. The molecule has 2 saturated heterocycles. The average Bonchev–Trinajstić information content (AvgIpc) is 3.01. The van der Waals surface area contributed by atoms with Crippen LogP contribution in [0, 0.1) is 5.82 Å². The number of halogens is 3. The highest BCUT2D eigenvalue weighted by Gasteiger charge is 2.36. The predicted molar refractivity (Wildman–Crippen MR) is 118 cm³/mol. The molecule has 2 N–H and O–H groups in total. The molecule has 1 aromatic rings. The molecular formula is C21H33Cl2FN2OSi. The standard InChI is InChI=1S/C21H33Cl2FN2OSi/c1-4-28(5-2,6-3)27-20(21-18(22)9-14(24)10-19(21)23)13-25-17-11-15-7-8-16(12-17)26-15/h9-10,15-17,20,25-26H,4-8,11-13H2,1-3H3.